The fourth-order valence-electron chi connectivity index (χ4n) is 1.89. The number of carbonyl (C=O) groups is 2. The second-order valence-electron chi connectivity index (χ2n) is 4.34. The van der Waals surface area contributed by atoms with Crippen LogP contribution in [-0.4, -0.2) is 18.6 Å². The highest BCUT2D eigenvalue weighted by molar-refractivity contribution is 5.99. The zero-order valence-electron chi connectivity index (χ0n) is 11.0. The third-order valence-electron chi connectivity index (χ3n) is 2.96. The molecule has 0 atom stereocenters. The number of hydrogen-bond donors (Lipinski definition) is 2. The molecule has 106 valence electrons. The lowest BCUT2D eigenvalue weighted by Crippen LogP contribution is -2.41. The molecule has 0 aromatic heterocycles. The average Bonchev–Trinajstić information content (AvgIpc) is 3.00. The van der Waals surface area contributed by atoms with Crippen LogP contribution in [0.2, 0.25) is 0 Å². The van der Waals surface area contributed by atoms with Gasteiger partial charge in [-0.3, -0.25) is 20.4 Å². The third kappa shape index (κ3) is 2.79. The molecule has 0 saturated carbocycles. The van der Waals surface area contributed by atoms with Crippen LogP contribution in [0.25, 0.3) is 0 Å². The van der Waals surface area contributed by atoms with Gasteiger partial charge in [-0.05, 0) is 30.3 Å². The monoisotopic (exact) mass is 284 g/mol. The van der Waals surface area contributed by atoms with Crippen molar-refractivity contribution in [2.75, 3.05) is 6.79 Å². The molecule has 3 rings (SSSR count). The van der Waals surface area contributed by atoms with Crippen LogP contribution < -0.4 is 20.3 Å². The second-order valence-corrected chi connectivity index (χ2v) is 4.34. The van der Waals surface area contributed by atoms with E-state index in [4.69, 9.17) is 9.47 Å². The Morgan fingerprint density at radius 3 is 2.24 bits per heavy atom. The molecule has 0 bridgehead atoms. The number of hydrazine groups is 1. The predicted octanol–water partition coefficient (Wildman–Crippen LogP) is 1.49. The summed E-state index contributed by atoms with van der Waals surface area (Å²) in [6.45, 7) is 0.144. The Morgan fingerprint density at radius 2 is 1.48 bits per heavy atom. The highest BCUT2D eigenvalue weighted by Gasteiger charge is 2.16. The minimum Gasteiger partial charge on any atom is -0.454 e. The van der Waals surface area contributed by atoms with E-state index in [-0.39, 0.29) is 12.7 Å². The van der Waals surface area contributed by atoms with E-state index in [1.807, 2.05) is 6.07 Å². The van der Waals surface area contributed by atoms with E-state index < -0.39 is 5.91 Å². The maximum Gasteiger partial charge on any atom is 0.269 e. The summed E-state index contributed by atoms with van der Waals surface area (Å²) in [5.74, 6) is 0.291. The standard InChI is InChI=1S/C15H12N2O4/c18-14(10-4-2-1-3-5-10)16-17-15(19)11-6-7-12-13(8-11)21-9-20-12/h1-8H,9H2,(H,16,18)(H,17,19). The second kappa shape index (κ2) is 5.54. The smallest absolute Gasteiger partial charge is 0.269 e. The first-order chi connectivity index (χ1) is 10.2. The Kier molecular flexibility index (Phi) is 3.42. The van der Waals surface area contributed by atoms with Gasteiger partial charge in [0.15, 0.2) is 11.5 Å². The molecule has 2 aromatic rings. The molecule has 1 heterocycles. The predicted molar refractivity (Wildman–Crippen MR) is 73.9 cm³/mol. The topological polar surface area (TPSA) is 76.7 Å². The molecule has 0 aliphatic carbocycles. The quantitative estimate of drug-likeness (QED) is 0.819. The zero-order valence-corrected chi connectivity index (χ0v) is 11.0. The molecule has 0 unspecified atom stereocenters. The van der Waals surface area contributed by atoms with E-state index in [2.05, 4.69) is 10.9 Å². The maximum atomic E-state index is 12.0. The number of benzene rings is 2. The molecular weight excluding hydrogens is 272 g/mol. The molecule has 0 spiro atoms. The summed E-state index contributed by atoms with van der Waals surface area (Å²) in [5.41, 5.74) is 5.54. The van der Waals surface area contributed by atoms with Gasteiger partial charge in [-0.15, -0.1) is 0 Å². The first-order valence-corrected chi connectivity index (χ1v) is 6.29. The highest BCUT2D eigenvalue weighted by Crippen LogP contribution is 2.32. The van der Waals surface area contributed by atoms with Crippen LogP contribution in [0.5, 0.6) is 11.5 Å². The van der Waals surface area contributed by atoms with Crippen molar-refractivity contribution in [1.82, 2.24) is 10.9 Å². The van der Waals surface area contributed by atoms with Gasteiger partial charge in [0.1, 0.15) is 0 Å². The minimum atomic E-state index is -0.433. The van der Waals surface area contributed by atoms with Crippen LogP contribution in [0.3, 0.4) is 0 Å². The van der Waals surface area contributed by atoms with Crippen molar-refractivity contribution in [2.45, 2.75) is 0 Å². The molecule has 2 N–H and O–H groups in total. The Hall–Kier alpha value is -3.02. The van der Waals surface area contributed by atoms with Gasteiger partial charge in [0.05, 0.1) is 0 Å². The van der Waals surface area contributed by atoms with E-state index in [0.29, 0.717) is 22.6 Å². The van der Waals surface area contributed by atoms with E-state index >= 15 is 0 Å². The van der Waals surface area contributed by atoms with Gasteiger partial charge < -0.3 is 9.47 Å². The fourth-order valence-corrected chi connectivity index (χ4v) is 1.89. The van der Waals surface area contributed by atoms with E-state index in [1.165, 1.54) is 0 Å². The van der Waals surface area contributed by atoms with Crippen molar-refractivity contribution in [3.8, 4) is 11.5 Å². The summed E-state index contributed by atoms with van der Waals surface area (Å²) in [6, 6.07) is 13.4. The normalized spacial score (nSPS) is 11.8. The summed E-state index contributed by atoms with van der Waals surface area (Å²) in [5, 5.41) is 0. The van der Waals surface area contributed by atoms with Crippen LogP contribution in [0, 0.1) is 0 Å². The van der Waals surface area contributed by atoms with Crippen LogP contribution >= 0.6 is 0 Å². The highest BCUT2D eigenvalue weighted by atomic mass is 16.7. The third-order valence-corrected chi connectivity index (χ3v) is 2.96. The lowest BCUT2D eigenvalue weighted by molar-refractivity contribution is 0.0846. The molecule has 1 aliphatic rings. The van der Waals surface area contributed by atoms with Crippen LogP contribution in [0.15, 0.2) is 48.5 Å². The minimum absolute atomic E-state index is 0.144. The zero-order chi connectivity index (χ0) is 14.7. The van der Waals surface area contributed by atoms with Gasteiger partial charge in [-0.2, -0.15) is 0 Å². The Balaban J connectivity index is 1.63. The first-order valence-electron chi connectivity index (χ1n) is 6.29. The summed E-state index contributed by atoms with van der Waals surface area (Å²) in [7, 11) is 0. The fraction of sp³-hybridized carbons (Fsp3) is 0.0667. The van der Waals surface area contributed by atoms with Gasteiger partial charge in [-0.25, -0.2) is 0 Å². The van der Waals surface area contributed by atoms with Gasteiger partial charge in [0.25, 0.3) is 11.8 Å². The number of nitrogens with one attached hydrogen (secondary N) is 2. The SMILES string of the molecule is O=C(NNC(=O)c1ccc2c(c1)OCO2)c1ccccc1. The van der Waals surface area contributed by atoms with Crippen molar-refractivity contribution >= 4 is 11.8 Å². The maximum absolute atomic E-state index is 12.0. The average molecular weight is 284 g/mol. The summed E-state index contributed by atoms with van der Waals surface area (Å²) < 4.78 is 10.4. The van der Waals surface area contributed by atoms with Crippen molar-refractivity contribution in [2.24, 2.45) is 0 Å². The van der Waals surface area contributed by atoms with E-state index in [9.17, 15) is 9.59 Å². The molecule has 6 nitrogen and oxygen atoms in total. The van der Waals surface area contributed by atoms with Crippen molar-refractivity contribution < 1.29 is 19.1 Å². The summed E-state index contributed by atoms with van der Waals surface area (Å²) >= 11 is 0. The van der Waals surface area contributed by atoms with Gasteiger partial charge in [-0.1, -0.05) is 18.2 Å². The molecule has 2 amide bonds. The van der Waals surface area contributed by atoms with Crippen molar-refractivity contribution in [3.63, 3.8) is 0 Å². The van der Waals surface area contributed by atoms with Gasteiger partial charge in [0, 0.05) is 11.1 Å². The first kappa shape index (κ1) is 13.0. The molecule has 0 fully saturated rings. The lowest BCUT2D eigenvalue weighted by Gasteiger charge is -2.07. The number of amides is 2. The lowest BCUT2D eigenvalue weighted by atomic mass is 10.2. The number of rotatable bonds is 2. The van der Waals surface area contributed by atoms with Crippen LogP contribution in [-0.2, 0) is 0 Å². The molecule has 2 aromatic carbocycles. The van der Waals surface area contributed by atoms with Crippen LogP contribution in [0.4, 0.5) is 0 Å². The van der Waals surface area contributed by atoms with Gasteiger partial charge >= 0.3 is 0 Å². The van der Waals surface area contributed by atoms with Crippen LogP contribution in [0.1, 0.15) is 20.7 Å². The van der Waals surface area contributed by atoms with E-state index in [1.54, 1.807) is 42.5 Å². The Labute approximate surface area is 120 Å². The van der Waals surface area contributed by atoms with Crippen molar-refractivity contribution in [1.29, 1.82) is 0 Å². The number of fused-ring (bicyclic) bond motifs is 1. The number of hydrogen-bond acceptors (Lipinski definition) is 4. The summed E-state index contributed by atoms with van der Waals surface area (Å²) in [6.07, 6.45) is 0. The van der Waals surface area contributed by atoms with E-state index in [0.717, 1.165) is 0 Å². The Bertz CT molecular complexity index is 685. The largest absolute Gasteiger partial charge is 0.454 e. The molecule has 6 heteroatoms. The molecular formula is C15H12N2O4. The summed E-state index contributed by atoms with van der Waals surface area (Å²) in [4.78, 5) is 23.8. The molecule has 1 aliphatic heterocycles. The Morgan fingerprint density at radius 1 is 0.810 bits per heavy atom. The molecule has 0 saturated heterocycles. The molecule has 21 heavy (non-hydrogen) atoms. The van der Waals surface area contributed by atoms with Crippen molar-refractivity contribution in [3.05, 3.63) is 59.7 Å². The molecule has 0 radical (unpaired) electrons. The number of ether oxygens (including phenoxy) is 2. The van der Waals surface area contributed by atoms with Gasteiger partial charge in [0.2, 0.25) is 6.79 Å². The number of carbonyl (C=O) groups excluding carboxylic acids is 2.